The van der Waals surface area contributed by atoms with Gasteiger partial charge in [0, 0.05) is 19.0 Å². The number of carbonyl (C=O) groups is 2. The van der Waals surface area contributed by atoms with Crippen LogP contribution in [0.5, 0.6) is 0 Å². The maximum Gasteiger partial charge on any atom is 0.349 e. The second kappa shape index (κ2) is 5.97. The molecule has 0 saturated carbocycles. The van der Waals surface area contributed by atoms with Gasteiger partial charge in [-0.05, 0) is 18.9 Å². The lowest BCUT2D eigenvalue weighted by Crippen LogP contribution is -2.38. The molecule has 1 aliphatic heterocycles. The maximum atomic E-state index is 11.6. The van der Waals surface area contributed by atoms with Crippen LogP contribution in [0.15, 0.2) is 18.9 Å². The van der Waals surface area contributed by atoms with E-state index in [4.69, 9.17) is 0 Å². The van der Waals surface area contributed by atoms with Crippen LogP contribution in [-0.2, 0) is 9.53 Å². The number of ether oxygens (including phenoxy) is 1. The molecule has 19 heavy (non-hydrogen) atoms. The number of hydrogen-bond acceptors (Lipinski definition) is 5. The fraction of sp³-hybridized carbons (Fsp3) is 0.462. The second-order valence-corrected chi connectivity index (χ2v) is 5.44. The number of thiazole rings is 1. The lowest BCUT2D eigenvalue weighted by Gasteiger charge is -2.30. The third kappa shape index (κ3) is 3.01. The summed E-state index contributed by atoms with van der Waals surface area (Å²) in [7, 11) is 1.35. The van der Waals surface area contributed by atoms with E-state index in [9.17, 15) is 9.59 Å². The Morgan fingerprint density at radius 3 is 3.11 bits per heavy atom. The minimum absolute atomic E-state index is 0.0468. The van der Waals surface area contributed by atoms with Crippen molar-refractivity contribution in [1.29, 1.82) is 0 Å². The number of amides is 1. The van der Waals surface area contributed by atoms with Crippen molar-refractivity contribution in [2.45, 2.75) is 18.8 Å². The van der Waals surface area contributed by atoms with Crippen LogP contribution in [0.1, 0.15) is 33.4 Å². The zero-order valence-corrected chi connectivity index (χ0v) is 11.6. The largest absolute Gasteiger partial charge is 0.465 e. The zero-order chi connectivity index (χ0) is 13.8. The molecule has 1 fully saturated rings. The van der Waals surface area contributed by atoms with Crippen LogP contribution in [0.3, 0.4) is 0 Å². The van der Waals surface area contributed by atoms with Gasteiger partial charge in [0.25, 0.3) is 0 Å². The number of rotatable bonds is 3. The SMILES string of the molecule is C=CC(=O)N1CCCC(c2ncc(C(=O)OC)s2)C1. The fourth-order valence-corrected chi connectivity index (χ4v) is 3.14. The quantitative estimate of drug-likeness (QED) is 0.626. The number of methoxy groups -OCH3 is 1. The van der Waals surface area contributed by atoms with Gasteiger partial charge in [-0.25, -0.2) is 9.78 Å². The number of likely N-dealkylation sites (tertiary alicyclic amines) is 1. The first-order valence-electron chi connectivity index (χ1n) is 6.11. The molecule has 2 heterocycles. The van der Waals surface area contributed by atoms with Crippen molar-refractivity contribution in [2.24, 2.45) is 0 Å². The highest BCUT2D eigenvalue weighted by molar-refractivity contribution is 7.13. The van der Waals surface area contributed by atoms with Gasteiger partial charge in [0.2, 0.25) is 5.91 Å². The highest BCUT2D eigenvalue weighted by atomic mass is 32.1. The Morgan fingerprint density at radius 1 is 1.63 bits per heavy atom. The Balaban J connectivity index is 2.09. The average molecular weight is 280 g/mol. The predicted molar refractivity (Wildman–Crippen MR) is 72.2 cm³/mol. The Kier molecular flexibility index (Phi) is 4.31. The lowest BCUT2D eigenvalue weighted by atomic mass is 9.99. The van der Waals surface area contributed by atoms with Gasteiger partial charge in [-0.15, -0.1) is 11.3 Å². The molecule has 1 saturated heterocycles. The van der Waals surface area contributed by atoms with Gasteiger partial charge >= 0.3 is 5.97 Å². The number of esters is 1. The van der Waals surface area contributed by atoms with Crippen LogP contribution in [-0.4, -0.2) is 42.0 Å². The summed E-state index contributed by atoms with van der Waals surface area (Å²) in [4.78, 5) is 29.6. The highest BCUT2D eigenvalue weighted by Crippen LogP contribution is 2.30. The van der Waals surface area contributed by atoms with E-state index in [-0.39, 0.29) is 17.8 Å². The van der Waals surface area contributed by atoms with Gasteiger partial charge < -0.3 is 9.64 Å². The van der Waals surface area contributed by atoms with Gasteiger partial charge in [0.1, 0.15) is 4.88 Å². The molecule has 1 aromatic heterocycles. The standard InChI is InChI=1S/C13H16N2O3S/c1-3-11(16)15-6-4-5-9(8-15)12-14-7-10(19-12)13(17)18-2/h3,7,9H,1,4-6,8H2,2H3. The van der Waals surface area contributed by atoms with Crippen LogP contribution >= 0.6 is 11.3 Å². The molecule has 0 aromatic carbocycles. The predicted octanol–water partition coefficient (Wildman–Crippen LogP) is 1.82. The van der Waals surface area contributed by atoms with E-state index in [0.29, 0.717) is 11.4 Å². The van der Waals surface area contributed by atoms with E-state index < -0.39 is 0 Å². The summed E-state index contributed by atoms with van der Waals surface area (Å²) in [5.41, 5.74) is 0. The molecule has 1 atom stereocenters. The molecule has 6 heteroatoms. The van der Waals surface area contributed by atoms with E-state index >= 15 is 0 Å². The smallest absolute Gasteiger partial charge is 0.349 e. The molecule has 0 spiro atoms. The number of hydrogen-bond donors (Lipinski definition) is 0. The Hall–Kier alpha value is -1.69. The van der Waals surface area contributed by atoms with Crippen molar-refractivity contribution in [1.82, 2.24) is 9.88 Å². The minimum atomic E-state index is -0.362. The summed E-state index contributed by atoms with van der Waals surface area (Å²) >= 11 is 1.34. The molecule has 1 aromatic rings. The normalized spacial score (nSPS) is 19.0. The highest BCUT2D eigenvalue weighted by Gasteiger charge is 2.26. The average Bonchev–Trinajstić information content (AvgIpc) is 2.95. The molecule has 0 bridgehead atoms. The zero-order valence-electron chi connectivity index (χ0n) is 10.8. The first kappa shape index (κ1) is 13.7. The van der Waals surface area contributed by atoms with Crippen LogP contribution in [0.2, 0.25) is 0 Å². The van der Waals surface area contributed by atoms with Gasteiger partial charge in [0.05, 0.1) is 18.3 Å². The van der Waals surface area contributed by atoms with E-state index in [1.165, 1.54) is 24.5 Å². The molecular weight excluding hydrogens is 264 g/mol. The number of nitrogens with zero attached hydrogens (tertiary/aromatic N) is 2. The molecule has 1 amide bonds. The molecule has 0 aliphatic carbocycles. The molecule has 5 nitrogen and oxygen atoms in total. The van der Waals surface area contributed by atoms with Crippen molar-refractivity contribution in [3.63, 3.8) is 0 Å². The van der Waals surface area contributed by atoms with Gasteiger partial charge in [0.15, 0.2) is 0 Å². The molecule has 102 valence electrons. The number of piperidine rings is 1. The molecule has 1 aliphatic rings. The van der Waals surface area contributed by atoms with Crippen LogP contribution in [0.25, 0.3) is 0 Å². The first-order valence-corrected chi connectivity index (χ1v) is 6.92. The third-order valence-electron chi connectivity index (χ3n) is 3.17. The van der Waals surface area contributed by atoms with Crippen LogP contribution < -0.4 is 0 Å². The third-order valence-corrected chi connectivity index (χ3v) is 4.31. The summed E-state index contributed by atoms with van der Waals surface area (Å²) in [6.45, 7) is 4.90. The monoisotopic (exact) mass is 280 g/mol. The van der Waals surface area contributed by atoms with E-state index in [1.54, 1.807) is 11.1 Å². The Labute approximate surface area is 115 Å². The topological polar surface area (TPSA) is 59.5 Å². The first-order chi connectivity index (χ1) is 9.15. The Bertz CT molecular complexity index is 498. The molecule has 0 N–H and O–H groups in total. The van der Waals surface area contributed by atoms with Crippen molar-refractivity contribution in [3.8, 4) is 0 Å². The summed E-state index contributed by atoms with van der Waals surface area (Å²) < 4.78 is 4.67. The maximum absolute atomic E-state index is 11.6. The van der Waals surface area contributed by atoms with Gasteiger partial charge in [-0.3, -0.25) is 4.79 Å². The van der Waals surface area contributed by atoms with Crippen molar-refractivity contribution >= 4 is 23.2 Å². The summed E-state index contributed by atoms with van der Waals surface area (Å²) in [6.07, 6.45) is 4.80. The van der Waals surface area contributed by atoms with Crippen molar-refractivity contribution < 1.29 is 14.3 Å². The molecule has 0 radical (unpaired) electrons. The summed E-state index contributed by atoms with van der Waals surface area (Å²) in [5.74, 6) is -0.214. The van der Waals surface area contributed by atoms with Gasteiger partial charge in [-0.2, -0.15) is 0 Å². The van der Waals surface area contributed by atoms with E-state index in [2.05, 4.69) is 16.3 Å². The Morgan fingerprint density at radius 2 is 2.42 bits per heavy atom. The van der Waals surface area contributed by atoms with E-state index in [0.717, 1.165) is 24.4 Å². The second-order valence-electron chi connectivity index (χ2n) is 4.38. The minimum Gasteiger partial charge on any atom is -0.465 e. The van der Waals surface area contributed by atoms with Gasteiger partial charge in [-0.1, -0.05) is 6.58 Å². The van der Waals surface area contributed by atoms with Crippen molar-refractivity contribution in [3.05, 3.63) is 28.7 Å². The molecular formula is C13H16N2O3S. The van der Waals surface area contributed by atoms with Crippen LogP contribution in [0.4, 0.5) is 0 Å². The van der Waals surface area contributed by atoms with Crippen molar-refractivity contribution in [2.75, 3.05) is 20.2 Å². The fourth-order valence-electron chi connectivity index (χ4n) is 2.18. The number of aromatic nitrogens is 1. The van der Waals surface area contributed by atoms with Crippen LogP contribution in [0, 0.1) is 0 Å². The summed E-state index contributed by atoms with van der Waals surface area (Å²) in [6, 6.07) is 0. The lowest BCUT2D eigenvalue weighted by molar-refractivity contribution is -0.127. The number of carbonyl (C=O) groups excluding carboxylic acids is 2. The van der Waals surface area contributed by atoms with E-state index in [1.807, 2.05) is 0 Å². The molecule has 2 rings (SSSR count). The molecule has 1 unspecified atom stereocenters. The summed E-state index contributed by atoms with van der Waals surface area (Å²) in [5, 5.41) is 0.891.